The van der Waals surface area contributed by atoms with E-state index < -0.39 is 18.4 Å². The van der Waals surface area contributed by atoms with Crippen LogP contribution in [0.15, 0.2) is 23.8 Å². The lowest BCUT2D eigenvalue weighted by Gasteiger charge is -2.58. The molecule has 1 heterocycles. The number of allylic oxidation sites excluding steroid dienone is 1. The summed E-state index contributed by atoms with van der Waals surface area (Å²) >= 11 is 0. The lowest BCUT2D eigenvalue weighted by atomic mass is 9.47. The third-order valence-corrected chi connectivity index (χ3v) is 6.96. The van der Waals surface area contributed by atoms with Gasteiger partial charge in [0.1, 0.15) is 0 Å². The van der Waals surface area contributed by atoms with E-state index in [1.807, 2.05) is 0 Å². The van der Waals surface area contributed by atoms with Crippen LogP contribution in [-0.4, -0.2) is 28.6 Å². The van der Waals surface area contributed by atoms with Crippen LogP contribution in [0.4, 0.5) is 0 Å². The number of esters is 1. The largest absolute Gasteiger partial charge is 0.429 e. The Kier molecular flexibility index (Phi) is 4.42. The van der Waals surface area contributed by atoms with Crippen molar-refractivity contribution in [2.24, 2.45) is 22.7 Å². The minimum absolute atomic E-state index is 0.118. The average Bonchev–Trinajstić information content (AvgIpc) is 2.80. The van der Waals surface area contributed by atoms with Crippen LogP contribution < -0.4 is 0 Å². The van der Waals surface area contributed by atoms with Gasteiger partial charge in [-0.1, -0.05) is 39.3 Å². The molecule has 1 aliphatic heterocycles. The van der Waals surface area contributed by atoms with E-state index in [2.05, 4.69) is 27.4 Å². The number of carbonyl (C=O) groups excluding carboxylic acids is 1. The molecule has 0 aromatic rings. The smallest absolute Gasteiger partial charge is 0.333 e. The minimum atomic E-state index is -1.31. The molecular weight excluding hydrogens is 304 g/mol. The number of rotatable bonds is 3. The van der Waals surface area contributed by atoms with Crippen LogP contribution in [0.1, 0.15) is 59.3 Å². The second-order valence-corrected chi connectivity index (χ2v) is 8.84. The Hall–Kier alpha value is -1.13. The van der Waals surface area contributed by atoms with E-state index in [9.17, 15) is 15.0 Å². The molecular formula is C20H30O4. The van der Waals surface area contributed by atoms with Crippen LogP contribution in [0.2, 0.25) is 0 Å². The Balaban J connectivity index is 1.84. The van der Waals surface area contributed by atoms with Crippen LogP contribution in [-0.2, 0) is 9.53 Å². The summed E-state index contributed by atoms with van der Waals surface area (Å²) in [5, 5.41) is 20.5. The van der Waals surface area contributed by atoms with Crippen molar-refractivity contribution in [3.63, 3.8) is 0 Å². The molecule has 24 heavy (non-hydrogen) atoms. The average molecular weight is 334 g/mol. The third-order valence-electron chi connectivity index (χ3n) is 6.96. The first-order valence-corrected chi connectivity index (χ1v) is 9.11. The van der Waals surface area contributed by atoms with Crippen molar-refractivity contribution in [3.8, 4) is 0 Å². The van der Waals surface area contributed by atoms with Gasteiger partial charge in [-0.05, 0) is 54.8 Å². The summed E-state index contributed by atoms with van der Waals surface area (Å²) in [6.07, 6.45) is 5.32. The van der Waals surface area contributed by atoms with Gasteiger partial charge < -0.3 is 14.9 Å². The molecule has 2 saturated carbocycles. The van der Waals surface area contributed by atoms with Crippen molar-refractivity contribution in [2.45, 2.75) is 71.7 Å². The Bertz CT molecular complexity index is 576. The first kappa shape index (κ1) is 17.7. The molecule has 4 nitrogen and oxygen atoms in total. The van der Waals surface area contributed by atoms with Gasteiger partial charge in [-0.2, -0.15) is 0 Å². The molecule has 0 aromatic heterocycles. The maximum atomic E-state index is 11.3. The highest BCUT2D eigenvalue weighted by molar-refractivity contribution is 5.85. The first-order valence-electron chi connectivity index (χ1n) is 9.11. The van der Waals surface area contributed by atoms with E-state index in [-0.39, 0.29) is 16.9 Å². The molecule has 0 spiro atoms. The van der Waals surface area contributed by atoms with Gasteiger partial charge in [0.05, 0.1) is 6.10 Å². The Morgan fingerprint density at radius 3 is 2.71 bits per heavy atom. The SMILES string of the molecule is C=C1CC[C@H]2C(C)(C)CCC[C@]2(C)[C@H]1C[C@@H](O)C1=CC(=O)OC1O. The predicted octanol–water partition coefficient (Wildman–Crippen LogP) is 3.34. The highest BCUT2D eigenvalue weighted by Gasteiger charge is 2.53. The number of carbonyl (C=O) groups is 1. The van der Waals surface area contributed by atoms with Crippen molar-refractivity contribution in [1.82, 2.24) is 0 Å². The maximum absolute atomic E-state index is 11.3. The van der Waals surface area contributed by atoms with E-state index in [1.54, 1.807) is 0 Å². The van der Waals surface area contributed by atoms with Gasteiger partial charge in [0.25, 0.3) is 0 Å². The van der Waals surface area contributed by atoms with Gasteiger partial charge in [0.2, 0.25) is 6.29 Å². The maximum Gasteiger partial charge on any atom is 0.333 e. The van der Waals surface area contributed by atoms with Crippen LogP contribution >= 0.6 is 0 Å². The Labute approximate surface area is 144 Å². The fourth-order valence-corrected chi connectivity index (χ4v) is 5.75. The third kappa shape index (κ3) is 2.84. The number of hydrogen-bond acceptors (Lipinski definition) is 4. The number of fused-ring (bicyclic) bond motifs is 1. The number of hydrogen-bond donors (Lipinski definition) is 2. The second-order valence-electron chi connectivity index (χ2n) is 8.84. The van der Waals surface area contributed by atoms with E-state index in [0.29, 0.717) is 17.8 Å². The molecule has 0 saturated heterocycles. The standard InChI is InChI=1S/C20H30O4/c1-12-6-7-16-19(2,3)8-5-9-20(16,4)14(12)11-15(21)13-10-17(22)24-18(13)23/h10,14-16,18,21,23H,1,5-9,11H2,2-4H3/t14-,15+,16-,18?,20+/m0/s1. The molecule has 0 radical (unpaired) electrons. The topological polar surface area (TPSA) is 66.8 Å². The summed E-state index contributed by atoms with van der Waals surface area (Å²) in [4.78, 5) is 11.3. The van der Waals surface area contributed by atoms with Gasteiger partial charge in [0, 0.05) is 11.6 Å². The summed E-state index contributed by atoms with van der Waals surface area (Å²) < 4.78 is 4.72. The number of ether oxygens (including phenoxy) is 1. The summed E-state index contributed by atoms with van der Waals surface area (Å²) in [6.45, 7) is 11.4. The molecule has 0 amide bonds. The zero-order valence-electron chi connectivity index (χ0n) is 15.0. The predicted molar refractivity (Wildman–Crippen MR) is 91.9 cm³/mol. The summed E-state index contributed by atoms with van der Waals surface area (Å²) in [7, 11) is 0. The zero-order valence-corrected chi connectivity index (χ0v) is 15.0. The molecule has 2 fully saturated rings. The molecule has 4 heteroatoms. The van der Waals surface area contributed by atoms with Crippen molar-refractivity contribution in [3.05, 3.63) is 23.8 Å². The molecule has 134 valence electrons. The second kappa shape index (κ2) is 5.99. The van der Waals surface area contributed by atoms with Crippen LogP contribution in [0.25, 0.3) is 0 Å². The number of aliphatic hydroxyl groups excluding tert-OH is 2. The van der Waals surface area contributed by atoms with E-state index in [0.717, 1.165) is 12.8 Å². The van der Waals surface area contributed by atoms with Gasteiger partial charge in [-0.25, -0.2) is 4.79 Å². The van der Waals surface area contributed by atoms with Crippen LogP contribution in [0.3, 0.4) is 0 Å². The molecule has 5 atom stereocenters. The monoisotopic (exact) mass is 334 g/mol. The van der Waals surface area contributed by atoms with Gasteiger partial charge in [-0.3, -0.25) is 0 Å². The van der Waals surface area contributed by atoms with Gasteiger partial charge >= 0.3 is 5.97 Å². The fraction of sp³-hybridized carbons (Fsp3) is 0.750. The first-order chi connectivity index (χ1) is 11.1. The Morgan fingerprint density at radius 1 is 1.38 bits per heavy atom. The molecule has 3 aliphatic rings. The van der Waals surface area contributed by atoms with Crippen molar-refractivity contribution >= 4 is 5.97 Å². The number of aliphatic hydroxyl groups is 2. The van der Waals surface area contributed by atoms with Crippen molar-refractivity contribution in [1.29, 1.82) is 0 Å². The highest BCUT2D eigenvalue weighted by Crippen LogP contribution is 2.61. The summed E-state index contributed by atoms with van der Waals surface area (Å²) in [5.41, 5.74) is 1.91. The number of cyclic esters (lactones) is 1. The van der Waals surface area contributed by atoms with Crippen LogP contribution in [0, 0.1) is 22.7 Å². The summed E-state index contributed by atoms with van der Waals surface area (Å²) in [6, 6.07) is 0. The highest BCUT2D eigenvalue weighted by atomic mass is 16.6. The van der Waals surface area contributed by atoms with E-state index in [4.69, 9.17) is 4.74 Å². The molecule has 0 bridgehead atoms. The van der Waals surface area contributed by atoms with E-state index >= 15 is 0 Å². The molecule has 3 rings (SSSR count). The minimum Gasteiger partial charge on any atom is -0.429 e. The normalized spacial score (nSPS) is 39.9. The van der Waals surface area contributed by atoms with E-state index in [1.165, 1.54) is 30.9 Å². The van der Waals surface area contributed by atoms with Crippen LogP contribution in [0.5, 0.6) is 0 Å². The zero-order chi connectivity index (χ0) is 17.7. The Morgan fingerprint density at radius 2 is 2.08 bits per heavy atom. The lowest BCUT2D eigenvalue weighted by Crippen LogP contribution is -2.50. The quantitative estimate of drug-likeness (QED) is 0.614. The van der Waals surface area contributed by atoms with Crippen molar-refractivity contribution in [2.75, 3.05) is 0 Å². The molecule has 2 N–H and O–H groups in total. The molecule has 1 unspecified atom stereocenters. The van der Waals surface area contributed by atoms with Gasteiger partial charge in [0.15, 0.2) is 0 Å². The fourth-order valence-electron chi connectivity index (χ4n) is 5.75. The van der Waals surface area contributed by atoms with Crippen molar-refractivity contribution < 1.29 is 19.7 Å². The molecule has 0 aromatic carbocycles. The molecule has 2 aliphatic carbocycles. The van der Waals surface area contributed by atoms with Gasteiger partial charge in [-0.15, -0.1) is 0 Å². The lowest BCUT2D eigenvalue weighted by molar-refractivity contribution is -0.152. The summed E-state index contributed by atoms with van der Waals surface area (Å²) in [5.74, 6) is 0.235.